The Bertz CT molecular complexity index is 653. The zero-order valence-corrected chi connectivity index (χ0v) is 11.7. The number of azo groups is 1. The highest BCUT2D eigenvalue weighted by Crippen LogP contribution is 2.28. The van der Waals surface area contributed by atoms with E-state index in [2.05, 4.69) is 20.2 Å². The summed E-state index contributed by atoms with van der Waals surface area (Å²) in [6.07, 6.45) is -4.53. The van der Waals surface area contributed by atoms with E-state index in [4.69, 9.17) is 11.6 Å². The van der Waals surface area contributed by atoms with Crippen molar-refractivity contribution in [2.75, 3.05) is 0 Å². The van der Waals surface area contributed by atoms with Crippen molar-refractivity contribution in [3.63, 3.8) is 0 Å². The topological polar surface area (TPSA) is 50.5 Å². The fourth-order valence-corrected chi connectivity index (χ4v) is 1.64. The maximum Gasteiger partial charge on any atom is 0.433 e. The molecule has 0 bridgehead atoms. The maximum atomic E-state index is 12.6. The molecule has 0 aliphatic carbocycles. The summed E-state index contributed by atoms with van der Waals surface area (Å²) in [7, 11) is 0. The molecule has 110 valence electrons. The summed E-state index contributed by atoms with van der Waals surface area (Å²) >= 11 is 5.74. The van der Waals surface area contributed by atoms with E-state index in [-0.39, 0.29) is 18.2 Å². The van der Waals surface area contributed by atoms with E-state index in [0.29, 0.717) is 5.02 Å². The van der Waals surface area contributed by atoms with Crippen LogP contribution in [-0.2, 0) is 12.7 Å². The molecule has 0 atom stereocenters. The molecule has 1 aromatic carbocycles. The van der Waals surface area contributed by atoms with Crippen LogP contribution in [0.4, 0.5) is 19.1 Å². The normalized spacial score (nSPS) is 12.0. The fraction of sp³-hybridized carbons (Fsp3) is 0.231. The van der Waals surface area contributed by atoms with Crippen LogP contribution < -0.4 is 0 Å². The average molecular weight is 315 g/mol. The van der Waals surface area contributed by atoms with E-state index >= 15 is 0 Å². The minimum Gasteiger partial charge on any atom is -0.215 e. The van der Waals surface area contributed by atoms with Crippen molar-refractivity contribution >= 4 is 17.5 Å². The Morgan fingerprint density at radius 3 is 2.43 bits per heavy atom. The predicted octanol–water partition coefficient (Wildman–Crippen LogP) is 4.74. The number of rotatable bonds is 3. The molecule has 4 nitrogen and oxygen atoms in total. The molecule has 0 amide bonds. The second-order valence-corrected chi connectivity index (χ2v) is 4.65. The molecule has 21 heavy (non-hydrogen) atoms. The van der Waals surface area contributed by atoms with Gasteiger partial charge >= 0.3 is 6.18 Å². The van der Waals surface area contributed by atoms with Gasteiger partial charge in [0, 0.05) is 10.7 Å². The molecule has 1 heterocycles. The number of benzene rings is 1. The van der Waals surface area contributed by atoms with Gasteiger partial charge in [0.1, 0.15) is 5.69 Å². The molecule has 1 aromatic heterocycles. The molecular formula is C13H10ClF3N4. The van der Waals surface area contributed by atoms with Crippen molar-refractivity contribution in [3.05, 3.63) is 52.3 Å². The summed E-state index contributed by atoms with van der Waals surface area (Å²) in [6.45, 7) is 1.64. The van der Waals surface area contributed by atoms with Gasteiger partial charge in [0.05, 0.1) is 6.54 Å². The van der Waals surface area contributed by atoms with Crippen LogP contribution in [0.2, 0.25) is 5.02 Å². The minimum atomic E-state index is -4.53. The van der Waals surface area contributed by atoms with Gasteiger partial charge in [-0.1, -0.05) is 23.7 Å². The standard InChI is InChI=1S/C13H10ClF3N4/c1-8-6-11(13(15,16)17)20-12(19-8)21-18-7-9-2-4-10(14)5-3-9/h2-6H,7H2,1H3. The van der Waals surface area contributed by atoms with E-state index < -0.39 is 11.9 Å². The molecule has 0 aliphatic rings. The molecule has 0 aliphatic heterocycles. The molecule has 0 unspecified atom stereocenters. The van der Waals surface area contributed by atoms with Crippen LogP contribution in [0.3, 0.4) is 0 Å². The van der Waals surface area contributed by atoms with Crippen LogP contribution in [0.15, 0.2) is 40.6 Å². The Balaban J connectivity index is 2.13. The zero-order valence-electron chi connectivity index (χ0n) is 10.9. The van der Waals surface area contributed by atoms with Crippen LogP contribution in [-0.4, -0.2) is 9.97 Å². The molecular weight excluding hydrogens is 305 g/mol. The number of nitrogens with zero attached hydrogens (tertiary/aromatic N) is 4. The summed E-state index contributed by atoms with van der Waals surface area (Å²) in [5, 5.41) is 8.01. The van der Waals surface area contributed by atoms with E-state index in [9.17, 15) is 13.2 Å². The first kappa shape index (κ1) is 15.4. The molecule has 0 fully saturated rings. The molecule has 0 saturated heterocycles. The van der Waals surface area contributed by atoms with Crippen molar-refractivity contribution < 1.29 is 13.2 Å². The van der Waals surface area contributed by atoms with Crippen molar-refractivity contribution in [1.29, 1.82) is 0 Å². The summed E-state index contributed by atoms with van der Waals surface area (Å²) in [5.74, 6) is -0.309. The Morgan fingerprint density at radius 2 is 1.81 bits per heavy atom. The predicted molar refractivity (Wildman–Crippen MR) is 71.4 cm³/mol. The molecule has 8 heteroatoms. The molecule has 0 spiro atoms. The first-order chi connectivity index (χ1) is 9.84. The minimum absolute atomic E-state index is 0.178. The van der Waals surface area contributed by atoms with Gasteiger partial charge in [-0.3, -0.25) is 0 Å². The third-order valence-corrected chi connectivity index (χ3v) is 2.71. The van der Waals surface area contributed by atoms with Gasteiger partial charge in [0.2, 0.25) is 0 Å². The lowest BCUT2D eigenvalue weighted by molar-refractivity contribution is -0.141. The lowest BCUT2D eigenvalue weighted by Crippen LogP contribution is -2.08. The summed E-state index contributed by atoms with van der Waals surface area (Å²) in [5.41, 5.74) is -0.0277. The SMILES string of the molecule is Cc1cc(C(F)(F)F)nc(N=NCc2ccc(Cl)cc2)n1. The average Bonchev–Trinajstić information content (AvgIpc) is 2.39. The Hall–Kier alpha value is -2.02. The van der Waals surface area contributed by atoms with Crippen molar-refractivity contribution in [3.8, 4) is 0 Å². The van der Waals surface area contributed by atoms with Gasteiger partial charge in [0.15, 0.2) is 0 Å². The highest BCUT2D eigenvalue weighted by Gasteiger charge is 2.33. The Morgan fingerprint density at radius 1 is 1.14 bits per heavy atom. The van der Waals surface area contributed by atoms with Crippen LogP contribution in [0.5, 0.6) is 0 Å². The summed E-state index contributed by atoms with van der Waals surface area (Å²) in [6, 6.07) is 7.74. The number of halogens is 4. The third-order valence-electron chi connectivity index (χ3n) is 2.46. The number of hydrogen-bond acceptors (Lipinski definition) is 4. The van der Waals surface area contributed by atoms with E-state index in [1.807, 2.05) is 0 Å². The third kappa shape index (κ3) is 4.49. The molecule has 0 saturated carbocycles. The molecule has 0 N–H and O–H groups in total. The number of aryl methyl sites for hydroxylation is 1. The van der Waals surface area contributed by atoms with Crippen LogP contribution >= 0.6 is 11.6 Å². The molecule has 0 radical (unpaired) electrons. The number of aromatic nitrogens is 2. The van der Waals surface area contributed by atoms with E-state index in [1.54, 1.807) is 24.3 Å². The van der Waals surface area contributed by atoms with Crippen molar-refractivity contribution in [2.45, 2.75) is 19.6 Å². The van der Waals surface area contributed by atoms with E-state index in [0.717, 1.165) is 11.6 Å². The Labute approximate surface area is 123 Å². The van der Waals surface area contributed by atoms with Crippen molar-refractivity contribution in [2.24, 2.45) is 10.2 Å². The maximum absolute atomic E-state index is 12.6. The summed E-state index contributed by atoms with van der Waals surface area (Å²) in [4.78, 5) is 7.13. The smallest absolute Gasteiger partial charge is 0.215 e. The van der Waals surface area contributed by atoms with Crippen LogP contribution in [0.1, 0.15) is 17.0 Å². The molecule has 2 rings (SSSR count). The first-order valence-electron chi connectivity index (χ1n) is 5.89. The van der Waals surface area contributed by atoms with Gasteiger partial charge < -0.3 is 0 Å². The fourth-order valence-electron chi connectivity index (χ4n) is 1.51. The van der Waals surface area contributed by atoms with Crippen LogP contribution in [0, 0.1) is 6.92 Å². The van der Waals surface area contributed by atoms with Gasteiger partial charge in [-0.25, -0.2) is 9.97 Å². The van der Waals surface area contributed by atoms with Gasteiger partial charge in [-0.05, 0) is 30.7 Å². The quantitative estimate of drug-likeness (QED) is 0.768. The number of alkyl halides is 3. The van der Waals surface area contributed by atoms with Gasteiger partial charge in [0.25, 0.3) is 5.95 Å². The van der Waals surface area contributed by atoms with Gasteiger partial charge in [-0.15, -0.1) is 5.11 Å². The number of hydrogen-bond donors (Lipinski definition) is 0. The van der Waals surface area contributed by atoms with Gasteiger partial charge in [-0.2, -0.15) is 18.3 Å². The second kappa shape index (κ2) is 6.17. The zero-order chi connectivity index (χ0) is 15.5. The molecule has 2 aromatic rings. The largest absolute Gasteiger partial charge is 0.433 e. The van der Waals surface area contributed by atoms with E-state index in [1.165, 1.54) is 6.92 Å². The van der Waals surface area contributed by atoms with Crippen LogP contribution in [0.25, 0.3) is 0 Å². The first-order valence-corrected chi connectivity index (χ1v) is 6.27. The van der Waals surface area contributed by atoms with Crippen molar-refractivity contribution in [1.82, 2.24) is 9.97 Å². The highest BCUT2D eigenvalue weighted by molar-refractivity contribution is 6.30. The monoisotopic (exact) mass is 314 g/mol. The lowest BCUT2D eigenvalue weighted by atomic mass is 10.2. The second-order valence-electron chi connectivity index (χ2n) is 4.22. The highest BCUT2D eigenvalue weighted by atomic mass is 35.5. The summed E-state index contributed by atoms with van der Waals surface area (Å²) < 4.78 is 37.8. The lowest BCUT2D eigenvalue weighted by Gasteiger charge is -2.06. The Kier molecular flexibility index (Phi) is 4.52.